The van der Waals surface area contributed by atoms with Crippen LogP contribution in [0.5, 0.6) is 0 Å². The van der Waals surface area contributed by atoms with E-state index >= 15 is 0 Å². The van der Waals surface area contributed by atoms with Gasteiger partial charge in [0.2, 0.25) is 0 Å². The van der Waals surface area contributed by atoms with E-state index in [2.05, 4.69) is 14.4 Å². The van der Waals surface area contributed by atoms with Crippen LogP contribution in [0, 0.1) is 0 Å². The largest absolute Gasteiger partial charge is 0.359 e. The normalized spacial score (nSPS) is 12.8. The number of amides is 1. The van der Waals surface area contributed by atoms with E-state index in [1.807, 2.05) is 0 Å². The van der Waals surface area contributed by atoms with E-state index in [0.29, 0.717) is 11.8 Å². The van der Waals surface area contributed by atoms with Gasteiger partial charge in [-0.15, -0.1) is 0 Å². The maximum Gasteiger partial charge on any atom is 0.359 e. The molecule has 6 nitrogen and oxygen atoms in total. The third-order valence-electron chi connectivity index (χ3n) is 2.29. The third kappa shape index (κ3) is 3.26. The number of hydrogen-bond donors (Lipinski definition) is 1. The molecule has 7 heteroatoms. The van der Waals surface area contributed by atoms with Crippen molar-refractivity contribution >= 4 is 19.8 Å². The van der Waals surface area contributed by atoms with Crippen molar-refractivity contribution in [1.82, 2.24) is 5.32 Å². The minimum atomic E-state index is -3.67. The molecular weight excluding hydrogens is 257 g/mol. The maximum absolute atomic E-state index is 12.0. The Kier molecular flexibility index (Phi) is 5.22. The van der Waals surface area contributed by atoms with Gasteiger partial charge in [0.05, 0.1) is 0 Å². The molecule has 1 rings (SSSR count). The Morgan fingerprint density at radius 3 is 2.28 bits per heavy atom. The van der Waals surface area contributed by atoms with E-state index in [1.54, 1.807) is 30.3 Å². The molecule has 18 heavy (non-hydrogen) atoms. The Balaban J connectivity index is 2.85. The Morgan fingerprint density at radius 2 is 1.83 bits per heavy atom. The second kappa shape index (κ2) is 6.44. The van der Waals surface area contributed by atoms with Gasteiger partial charge in [-0.25, -0.2) is 0 Å². The second-order valence-electron chi connectivity index (χ2n) is 3.33. The number of carbonyl (C=O) groups is 2. The molecule has 1 aromatic carbocycles. The van der Waals surface area contributed by atoms with Crippen molar-refractivity contribution in [2.45, 2.75) is 5.78 Å². The summed E-state index contributed by atoms with van der Waals surface area (Å²) in [6.07, 6.45) is 0.328. The average Bonchev–Trinajstić information content (AvgIpc) is 2.44. The number of benzene rings is 1. The summed E-state index contributed by atoms with van der Waals surface area (Å²) in [6.45, 7) is 0. The number of hydrogen-bond acceptors (Lipinski definition) is 5. The smallest absolute Gasteiger partial charge is 0.332 e. The molecule has 0 saturated heterocycles. The van der Waals surface area contributed by atoms with Gasteiger partial charge >= 0.3 is 7.60 Å². The van der Waals surface area contributed by atoms with Crippen molar-refractivity contribution in [3.8, 4) is 0 Å². The molecule has 0 aliphatic rings. The van der Waals surface area contributed by atoms with Crippen molar-refractivity contribution in [3.05, 3.63) is 35.9 Å². The lowest BCUT2D eigenvalue weighted by Gasteiger charge is -2.20. The molecule has 0 aromatic heterocycles. The molecule has 1 N–H and O–H groups in total. The standard InChI is InChI=1S/C11H14NO5P/c1-16-18(15,17-2)10(8-13)12-11(14)9-6-4-3-5-7-9/h3-8,10H,1-2H3,(H,12,14). The van der Waals surface area contributed by atoms with Crippen LogP contribution in [0.1, 0.15) is 10.4 Å². The highest BCUT2D eigenvalue weighted by atomic mass is 31.2. The van der Waals surface area contributed by atoms with Gasteiger partial charge in [-0.1, -0.05) is 18.2 Å². The summed E-state index contributed by atoms with van der Waals surface area (Å²) in [5.74, 6) is -1.86. The Labute approximate surface area is 105 Å². The first kappa shape index (κ1) is 14.6. The lowest BCUT2D eigenvalue weighted by atomic mass is 10.2. The molecule has 0 fully saturated rings. The molecule has 1 atom stereocenters. The van der Waals surface area contributed by atoms with Crippen LogP contribution in [0.2, 0.25) is 0 Å². The SMILES string of the molecule is COP(=O)(OC)C(C=O)NC(=O)c1ccccc1. The van der Waals surface area contributed by atoms with Crippen molar-refractivity contribution in [1.29, 1.82) is 0 Å². The van der Waals surface area contributed by atoms with Gasteiger partial charge < -0.3 is 19.2 Å². The first-order chi connectivity index (χ1) is 8.57. The number of nitrogens with one attached hydrogen (secondary N) is 1. The molecule has 1 unspecified atom stereocenters. The topological polar surface area (TPSA) is 81.7 Å². The average molecular weight is 271 g/mol. The fraction of sp³-hybridized carbons (Fsp3) is 0.273. The van der Waals surface area contributed by atoms with Gasteiger partial charge in [0.25, 0.3) is 5.91 Å². The zero-order chi connectivity index (χ0) is 13.6. The number of aldehydes is 1. The van der Waals surface area contributed by atoms with Crippen molar-refractivity contribution < 1.29 is 23.2 Å². The minimum Gasteiger partial charge on any atom is -0.332 e. The lowest BCUT2D eigenvalue weighted by Crippen LogP contribution is -2.36. The van der Waals surface area contributed by atoms with Crippen molar-refractivity contribution in [2.24, 2.45) is 0 Å². The molecule has 1 aromatic rings. The van der Waals surface area contributed by atoms with Crippen LogP contribution in [0.4, 0.5) is 0 Å². The quantitative estimate of drug-likeness (QED) is 0.625. The molecule has 0 bridgehead atoms. The number of rotatable bonds is 6. The number of carbonyl (C=O) groups excluding carboxylic acids is 2. The molecule has 0 aliphatic heterocycles. The monoisotopic (exact) mass is 271 g/mol. The van der Waals surface area contributed by atoms with Gasteiger partial charge in [0.15, 0.2) is 12.1 Å². The van der Waals surface area contributed by atoms with E-state index in [0.717, 1.165) is 14.2 Å². The van der Waals surface area contributed by atoms with Gasteiger partial charge in [0, 0.05) is 19.8 Å². The molecule has 0 heterocycles. The van der Waals surface area contributed by atoms with Gasteiger partial charge in [-0.3, -0.25) is 9.36 Å². The molecule has 1 amide bonds. The Morgan fingerprint density at radius 1 is 1.28 bits per heavy atom. The molecule has 0 aliphatic carbocycles. The summed E-state index contributed by atoms with van der Waals surface area (Å²) in [5.41, 5.74) is 0.350. The molecule has 98 valence electrons. The van der Waals surface area contributed by atoms with Crippen molar-refractivity contribution in [2.75, 3.05) is 14.2 Å². The highest BCUT2D eigenvalue weighted by Crippen LogP contribution is 2.49. The van der Waals surface area contributed by atoms with Crippen LogP contribution >= 0.6 is 7.60 Å². The zero-order valence-electron chi connectivity index (χ0n) is 10.0. The fourth-order valence-corrected chi connectivity index (χ4v) is 2.32. The van der Waals surface area contributed by atoms with Gasteiger partial charge in [0.1, 0.15) is 0 Å². The van der Waals surface area contributed by atoms with Crippen LogP contribution in [0.15, 0.2) is 30.3 Å². The van der Waals surface area contributed by atoms with Crippen LogP contribution in [0.25, 0.3) is 0 Å². The minimum absolute atomic E-state index is 0.328. The van der Waals surface area contributed by atoms with E-state index in [9.17, 15) is 14.2 Å². The summed E-state index contributed by atoms with van der Waals surface area (Å²) in [4.78, 5) is 22.7. The maximum atomic E-state index is 12.0. The summed E-state index contributed by atoms with van der Waals surface area (Å²) in [5, 5.41) is 2.31. The van der Waals surface area contributed by atoms with E-state index in [4.69, 9.17) is 0 Å². The highest BCUT2D eigenvalue weighted by Gasteiger charge is 2.35. The summed E-state index contributed by atoms with van der Waals surface area (Å²) < 4.78 is 21.3. The Hall–Kier alpha value is -1.49. The molecule has 0 saturated carbocycles. The van der Waals surface area contributed by atoms with E-state index < -0.39 is 19.3 Å². The predicted octanol–water partition coefficient (Wildman–Crippen LogP) is 1.43. The second-order valence-corrected chi connectivity index (χ2v) is 5.69. The van der Waals surface area contributed by atoms with Crippen LogP contribution in [-0.4, -0.2) is 32.2 Å². The van der Waals surface area contributed by atoms with E-state index in [-0.39, 0.29) is 0 Å². The van der Waals surface area contributed by atoms with Crippen LogP contribution < -0.4 is 5.32 Å². The molecule has 0 radical (unpaired) electrons. The first-order valence-corrected chi connectivity index (χ1v) is 6.71. The summed E-state index contributed by atoms with van der Waals surface area (Å²) in [6, 6.07) is 8.25. The predicted molar refractivity (Wildman–Crippen MR) is 65.4 cm³/mol. The van der Waals surface area contributed by atoms with Crippen LogP contribution in [0.3, 0.4) is 0 Å². The summed E-state index contributed by atoms with van der Waals surface area (Å²) in [7, 11) is -1.37. The first-order valence-electron chi connectivity index (χ1n) is 5.09. The Bertz CT molecular complexity index is 454. The molecular formula is C11H14NO5P. The third-order valence-corrected chi connectivity index (χ3v) is 4.24. The molecule has 0 spiro atoms. The fourth-order valence-electron chi connectivity index (χ4n) is 1.30. The lowest BCUT2D eigenvalue weighted by molar-refractivity contribution is -0.108. The van der Waals surface area contributed by atoms with Gasteiger partial charge in [-0.05, 0) is 12.1 Å². The highest BCUT2D eigenvalue weighted by molar-refractivity contribution is 7.55. The van der Waals surface area contributed by atoms with Crippen molar-refractivity contribution in [3.63, 3.8) is 0 Å². The zero-order valence-corrected chi connectivity index (χ0v) is 10.9. The summed E-state index contributed by atoms with van der Waals surface area (Å²) >= 11 is 0. The van der Waals surface area contributed by atoms with Gasteiger partial charge in [-0.2, -0.15) is 0 Å². The van der Waals surface area contributed by atoms with Crippen LogP contribution in [-0.2, 0) is 18.4 Å². The van der Waals surface area contributed by atoms with E-state index in [1.165, 1.54) is 0 Å².